The summed E-state index contributed by atoms with van der Waals surface area (Å²) in [6.45, 7) is 14.5. The molecule has 3 atom stereocenters. The molecule has 55 heavy (non-hydrogen) atoms. The third-order valence-corrected chi connectivity index (χ3v) is 10.5. The molecule has 0 bridgehead atoms. The van der Waals surface area contributed by atoms with Crippen molar-refractivity contribution in [1.82, 2.24) is 9.62 Å². The molecule has 4 rings (SSSR count). The Labute approximate surface area is 326 Å². The van der Waals surface area contributed by atoms with Crippen LogP contribution in [0.5, 0.6) is 5.75 Å². The first-order valence-corrected chi connectivity index (χ1v) is 19.7. The number of β-lactam (4-membered cyclic amide) rings is 1. The van der Waals surface area contributed by atoms with Crippen molar-refractivity contribution < 1.29 is 46.8 Å². The summed E-state index contributed by atoms with van der Waals surface area (Å²) in [5.74, 6) is -2.83. The zero-order chi connectivity index (χ0) is 40.8. The van der Waals surface area contributed by atoms with E-state index in [1.165, 1.54) is 25.5 Å². The first-order valence-electron chi connectivity index (χ1n) is 17.9. The molecule has 15 nitrogen and oxygen atoms in total. The van der Waals surface area contributed by atoms with Crippen molar-refractivity contribution in [1.29, 1.82) is 0 Å². The highest BCUT2D eigenvalue weighted by Gasteiger charge is 2.50. The monoisotopic (exact) mass is 799 g/mol. The van der Waals surface area contributed by atoms with E-state index in [0.29, 0.717) is 5.75 Å². The number of aliphatic imine (C=N–C) groups is 1. The standard InChI is InChI=1S/C38H49N5O10S2/c1-8-9-10-11-24-19-23(5)31(26-18-22(4)12-13-25(26)21(2)3)29(20-24)52-37(54)51-17-16-28-33(35(45)43(28)55(48,49)50)41-34(44)32(27-14-15-30(39)40-27)42-53-38(6,7)36(46)47/h14,16,18-20,25-26,33H,2,8-13,15,17H2,1,3-7H3,(H2,39,40)(H,41,44)(H,46,47)(H,48,49,50)/b28-16+,42-32-/t25-,26+,33-/m0/s1. The van der Waals surface area contributed by atoms with Crippen LogP contribution in [0, 0.1) is 12.8 Å². The molecule has 0 radical (unpaired) electrons. The number of carboxylic acids is 1. The Hall–Kier alpha value is -4.87. The lowest BCUT2D eigenvalue weighted by Gasteiger charge is -2.38. The molecule has 1 saturated heterocycles. The minimum atomic E-state index is -5.11. The number of nitrogens with zero attached hydrogens (tertiary/aromatic N) is 3. The maximum absolute atomic E-state index is 13.4. The smallest absolute Gasteiger partial charge is 0.366 e. The van der Waals surface area contributed by atoms with E-state index in [1.54, 1.807) is 0 Å². The third kappa shape index (κ3) is 10.5. The second-order valence-corrected chi connectivity index (χ2v) is 15.9. The van der Waals surface area contributed by atoms with E-state index in [-0.39, 0.29) is 45.0 Å². The van der Waals surface area contributed by atoms with Gasteiger partial charge in [-0.1, -0.05) is 54.8 Å². The zero-order valence-corrected chi connectivity index (χ0v) is 33.5. The lowest BCUT2D eigenvalue weighted by molar-refractivity contribution is -0.161. The summed E-state index contributed by atoms with van der Waals surface area (Å²) in [4.78, 5) is 47.1. The fraction of sp³-hybridized carbons (Fsp3) is 0.474. The number of hydrogen-bond donors (Lipinski definition) is 4. The SMILES string of the molecule is C=C(C)[C@@H]1CCC(C)=C[C@H]1c1c(C)cc(CCCCC)cc1OC(=S)OC/C=C1\[C@H](NC(=O)/C(=N\OC(C)(C)C(=O)O)C2=CCC(N)=N2)C(=O)N1S(=O)(=O)O. The van der Waals surface area contributed by atoms with Crippen molar-refractivity contribution in [2.45, 2.75) is 104 Å². The molecule has 1 aliphatic carbocycles. The van der Waals surface area contributed by atoms with Crippen LogP contribution in [0.25, 0.3) is 0 Å². The van der Waals surface area contributed by atoms with Gasteiger partial charge in [0.25, 0.3) is 11.8 Å². The number of carbonyl (C=O) groups excluding carboxylic acids is 2. The van der Waals surface area contributed by atoms with E-state index >= 15 is 0 Å². The van der Waals surface area contributed by atoms with Crippen molar-refractivity contribution in [2.75, 3.05) is 6.61 Å². The van der Waals surface area contributed by atoms with Gasteiger partial charge in [0, 0.05) is 30.1 Å². The van der Waals surface area contributed by atoms with E-state index in [1.807, 2.05) is 19.9 Å². The molecule has 1 aromatic carbocycles. The number of nitrogens with one attached hydrogen (secondary N) is 1. The highest BCUT2D eigenvalue weighted by molar-refractivity contribution is 7.84. The summed E-state index contributed by atoms with van der Waals surface area (Å²) in [6, 6.07) is 2.53. The highest BCUT2D eigenvalue weighted by Crippen LogP contribution is 2.45. The van der Waals surface area contributed by atoms with Crippen molar-refractivity contribution in [3.8, 4) is 5.75 Å². The molecule has 2 heterocycles. The molecule has 2 amide bonds. The maximum atomic E-state index is 13.4. The molecule has 1 fully saturated rings. The molecular formula is C38H49N5O10S2. The van der Waals surface area contributed by atoms with Crippen molar-refractivity contribution in [3.63, 3.8) is 0 Å². The van der Waals surface area contributed by atoms with Gasteiger partial charge in [0.1, 0.15) is 18.2 Å². The zero-order valence-electron chi connectivity index (χ0n) is 31.9. The first-order chi connectivity index (χ1) is 25.7. The van der Waals surface area contributed by atoms with Gasteiger partial charge in [-0.3, -0.25) is 14.1 Å². The summed E-state index contributed by atoms with van der Waals surface area (Å²) < 4.78 is 46.1. The minimum Gasteiger partial charge on any atom is -0.478 e. The molecule has 0 spiro atoms. The molecule has 17 heteroatoms. The molecule has 3 aliphatic rings. The van der Waals surface area contributed by atoms with E-state index in [0.717, 1.165) is 66.9 Å². The number of unbranched alkanes of at least 4 members (excludes halogenated alkanes) is 2. The van der Waals surface area contributed by atoms with E-state index in [9.17, 15) is 32.5 Å². The van der Waals surface area contributed by atoms with Gasteiger partial charge >= 0.3 is 21.5 Å². The number of ether oxygens (including phenoxy) is 2. The predicted octanol–water partition coefficient (Wildman–Crippen LogP) is 5.32. The van der Waals surface area contributed by atoms with Crippen LogP contribution in [-0.4, -0.2) is 75.2 Å². The lowest BCUT2D eigenvalue weighted by atomic mass is 9.73. The number of aryl methyl sites for hydroxylation is 2. The molecule has 1 aromatic rings. The quantitative estimate of drug-likeness (QED) is 0.0318. The van der Waals surface area contributed by atoms with E-state index in [2.05, 4.69) is 48.0 Å². The Balaban J connectivity index is 1.59. The number of oxime groups is 1. The molecule has 0 unspecified atom stereocenters. The van der Waals surface area contributed by atoms with Gasteiger partial charge in [-0.25, -0.2) is 9.79 Å². The highest BCUT2D eigenvalue weighted by atomic mass is 32.2. The van der Waals surface area contributed by atoms with Crippen LogP contribution in [0.2, 0.25) is 0 Å². The second-order valence-electron chi connectivity index (χ2n) is 14.3. The number of hydrogen-bond acceptors (Lipinski definition) is 12. The summed E-state index contributed by atoms with van der Waals surface area (Å²) in [5.41, 5.74) is 8.33. The summed E-state index contributed by atoms with van der Waals surface area (Å²) in [5, 5.41) is 15.2. The Morgan fingerprint density at radius 2 is 1.96 bits per heavy atom. The Bertz CT molecular complexity index is 2020. The van der Waals surface area contributed by atoms with Gasteiger partial charge in [-0.2, -0.15) is 12.7 Å². The van der Waals surface area contributed by atoms with Gasteiger partial charge in [-0.05, 0) is 95.6 Å². The van der Waals surface area contributed by atoms with Gasteiger partial charge < -0.3 is 30.5 Å². The molecular weight excluding hydrogens is 751 g/mol. The largest absolute Gasteiger partial charge is 0.478 e. The van der Waals surface area contributed by atoms with Crippen molar-refractivity contribution in [2.24, 2.45) is 21.8 Å². The Morgan fingerprint density at radius 3 is 2.56 bits per heavy atom. The summed E-state index contributed by atoms with van der Waals surface area (Å²) in [6.07, 6.45) is 10.9. The van der Waals surface area contributed by atoms with E-state index in [4.69, 9.17) is 32.3 Å². The second kappa shape index (κ2) is 17.7. The number of rotatable bonds is 16. The van der Waals surface area contributed by atoms with Gasteiger partial charge in [0.15, 0.2) is 11.8 Å². The molecule has 2 aliphatic heterocycles. The number of allylic oxidation sites excluding steroid dienone is 3. The van der Waals surface area contributed by atoms with Gasteiger partial charge in [0.2, 0.25) is 5.60 Å². The van der Waals surface area contributed by atoms with Crippen LogP contribution in [0.15, 0.2) is 69.6 Å². The van der Waals surface area contributed by atoms with Crippen LogP contribution in [0.4, 0.5) is 0 Å². The number of carbonyl (C=O) groups is 3. The van der Waals surface area contributed by atoms with Gasteiger partial charge in [-0.15, -0.1) is 0 Å². The number of carboxylic acid groups (broad SMARTS) is 1. The van der Waals surface area contributed by atoms with Crippen molar-refractivity contribution in [3.05, 3.63) is 76.2 Å². The predicted molar refractivity (Wildman–Crippen MR) is 211 cm³/mol. The molecule has 298 valence electrons. The van der Waals surface area contributed by atoms with Crippen LogP contribution in [-0.2, 0) is 40.7 Å². The van der Waals surface area contributed by atoms with Crippen molar-refractivity contribution >= 4 is 57.1 Å². The Morgan fingerprint density at radius 1 is 1.25 bits per heavy atom. The average molecular weight is 800 g/mol. The number of amidine groups is 1. The topological polar surface area (TPSA) is 220 Å². The number of benzene rings is 1. The maximum Gasteiger partial charge on any atom is 0.366 e. The third-order valence-electron chi connectivity index (χ3n) is 9.47. The van der Waals surface area contributed by atoms with Crippen LogP contribution in [0.1, 0.15) is 95.8 Å². The normalized spacial score (nSPS) is 20.9. The molecule has 0 saturated carbocycles. The van der Waals surface area contributed by atoms with Gasteiger partial charge in [0.05, 0.1) is 11.4 Å². The number of aliphatic carboxylic acids is 1. The number of amides is 2. The number of nitrogens with two attached hydrogens (primary N) is 1. The fourth-order valence-corrected chi connectivity index (χ4v) is 7.44. The lowest BCUT2D eigenvalue weighted by Crippen LogP contribution is -2.64. The molecule has 5 N–H and O–H groups in total. The minimum absolute atomic E-state index is 0.0132. The first kappa shape index (κ1) is 42.9. The van der Waals surface area contributed by atoms with Crippen LogP contribution in [0.3, 0.4) is 0 Å². The van der Waals surface area contributed by atoms with Crippen LogP contribution < -0.4 is 15.8 Å². The van der Waals surface area contributed by atoms with Crippen LogP contribution >= 0.6 is 12.2 Å². The average Bonchev–Trinajstić information content (AvgIpc) is 3.51. The van der Waals surface area contributed by atoms with E-state index < -0.39 is 52.0 Å². The Kier molecular flexibility index (Phi) is 13.8. The number of thiocarbonyl (C=S) groups is 1. The summed E-state index contributed by atoms with van der Waals surface area (Å²) in [7, 11) is -5.11. The molecule has 0 aromatic heterocycles. The fourth-order valence-electron chi connectivity index (χ4n) is 6.50. The summed E-state index contributed by atoms with van der Waals surface area (Å²) >= 11 is 5.48.